The van der Waals surface area contributed by atoms with Gasteiger partial charge < -0.3 is 9.64 Å². The highest BCUT2D eigenvalue weighted by molar-refractivity contribution is 6.05. The molecule has 1 saturated carbocycles. The van der Waals surface area contributed by atoms with E-state index < -0.39 is 11.9 Å². The van der Waals surface area contributed by atoms with E-state index in [9.17, 15) is 18.8 Å². The van der Waals surface area contributed by atoms with Crippen LogP contribution in [-0.4, -0.2) is 63.8 Å². The Morgan fingerprint density at radius 3 is 2.69 bits per heavy atom. The number of benzene rings is 1. The number of amides is 3. The predicted molar refractivity (Wildman–Crippen MR) is 128 cm³/mol. The summed E-state index contributed by atoms with van der Waals surface area (Å²) >= 11 is 0. The molecule has 4 aliphatic rings. The number of halogens is 1. The maximum Gasteiger partial charge on any atom is 0.255 e. The molecular formula is C27H29FN4O4. The molecule has 3 amide bonds. The summed E-state index contributed by atoms with van der Waals surface area (Å²) in [6.45, 7) is 1.95. The molecule has 0 radical (unpaired) electrons. The van der Waals surface area contributed by atoms with Crippen LogP contribution in [0.4, 0.5) is 4.39 Å². The summed E-state index contributed by atoms with van der Waals surface area (Å²) in [5, 5.41) is 2.34. The summed E-state index contributed by atoms with van der Waals surface area (Å²) in [4.78, 5) is 44.6. The van der Waals surface area contributed by atoms with Crippen molar-refractivity contribution < 1.29 is 23.5 Å². The van der Waals surface area contributed by atoms with E-state index in [0.717, 1.165) is 55.6 Å². The highest BCUT2D eigenvalue weighted by atomic mass is 19.1. The van der Waals surface area contributed by atoms with Crippen LogP contribution in [0.25, 0.3) is 0 Å². The molecule has 0 bridgehead atoms. The van der Waals surface area contributed by atoms with Crippen LogP contribution in [0.5, 0.6) is 5.75 Å². The van der Waals surface area contributed by atoms with Crippen LogP contribution in [0.2, 0.25) is 0 Å². The van der Waals surface area contributed by atoms with Crippen LogP contribution in [0, 0.1) is 5.82 Å². The number of carbonyl (C=O) groups excluding carboxylic acids is 3. The number of carbonyl (C=O) groups is 3. The zero-order chi connectivity index (χ0) is 24.8. The Morgan fingerprint density at radius 2 is 1.89 bits per heavy atom. The molecule has 1 N–H and O–H groups in total. The maximum atomic E-state index is 14.1. The lowest BCUT2D eigenvalue weighted by Crippen LogP contribution is -2.57. The predicted octanol–water partition coefficient (Wildman–Crippen LogP) is 2.77. The molecule has 1 aliphatic carbocycles. The summed E-state index contributed by atoms with van der Waals surface area (Å²) in [6, 6.07) is 6.95. The topological polar surface area (TPSA) is 91.8 Å². The summed E-state index contributed by atoms with van der Waals surface area (Å²) in [5.74, 6) is -0.221. The molecule has 3 aliphatic heterocycles. The first kappa shape index (κ1) is 23.1. The van der Waals surface area contributed by atoms with Crippen molar-refractivity contribution in [3.05, 3.63) is 59.2 Å². The standard InChI is InChI=1S/C27H29FN4O4/c28-21-12-29-10-9-19(21)17-13-31(14-17)22-3-1-2-4-24(22)36-18-5-6-20-16(11-18)15-32(27(20)35)23-7-8-25(33)30-26(23)34/h5-6,9-12,17,22-24H,1-4,7-8,13-15H2,(H,30,33,34)/t22-,23?,24-/m1/s1. The zero-order valence-electron chi connectivity index (χ0n) is 20.0. The van der Waals surface area contributed by atoms with Crippen molar-refractivity contribution in [2.45, 2.75) is 69.2 Å². The number of imide groups is 1. The number of rotatable bonds is 5. The SMILES string of the molecule is O=C1CCC(N2Cc3cc(O[C@@H]4CCCC[C@H]4N4CC(c5ccncc5F)C4)ccc3C2=O)C(=O)N1. The quantitative estimate of drug-likeness (QED) is 0.646. The van der Waals surface area contributed by atoms with Crippen LogP contribution < -0.4 is 10.1 Å². The number of fused-ring (bicyclic) bond motifs is 1. The van der Waals surface area contributed by atoms with E-state index in [4.69, 9.17) is 4.74 Å². The average molecular weight is 493 g/mol. The molecule has 188 valence electrons. The van der Waals surface area contributed by atoms with E-state index in [1.807, 2.05) is 12.1 Å². The van der Waals surface area contributed by atoms with E-state index in [1.54, 1.807) is 23.2 Å². The first-order valence-corrected chi connectivity index (χ1v) is 12.8. The zero-order valence-corrected chi connectivity index (χ0v) is 20.0. The number of piperidine rings is 1. The number of likely N-dealkylation sites (tertiary alicyclic amines) is 1. The van der Waals surface area contributed by atoms with Crippen molar-refractivity contribution in [2.75, 3.05) is 13.1 Å². The molecule has 3 fully saturated rings. The van der Waals surface area contributed by atoms with Gasteiger partial charge in [-0.15, -0.1) is 0 Å². The second-order valence-electron chi connectivity index (χ2n) is 10.3. The van der Waals surface area contributed by atoms with Gasteiger partial charge in [-0.2, -0.15) is 0 Å². The van der Waals surface area contributed by atoms with Gasteiger partial charge in [0, 0.05) is 49.8 Å². The van der Waals surface area contributed by atoms with Crippen molar-refractivity contribution in [3.8, 4) is 5.75 Å². The maximum absolute atomic E-state index is 14.1. The third-order valence-corrected chi connectivity index (χ3v) is 8.07. The van der Waals surface area contributed by atoms with Gasteiger partial charge in [0.1, 0.15) is 23.7 Å². The lowest BCUT2D eigenvalue weighted by atomic mass is 9.84. The Morgan fingerprint density at radius 1 is 1.06 bits per heavy atom. The number of nitrogens with one attached hydrogen (secondary N) is 1. The second-order valence-corrected chi connectivity index (χ2v) is 10.3. The average Bonchev–Trinajstić information content (AvgIpc) is 3.16. The molecule has 1 aromatic carbocycles. The van der Waals surface area contributed by atoms with Gasteiger partial charge in [0.05, 0.1) is 6.20 Å². The van der Waals surface area contributed by atoms with Gasteiger partial charge >= 0.3 is 0 Å². The van der Waals surface area contributed by atoms with Crippen molar-refractivity contribution in [1.82, 2.24) is 20.1 Å². The number of pyridine rings is 1. The van der Waals surface area contributed by atoms with E-state index in [1.165, 1.54) is 6.20 Å². The molecule has 9 heteroatoms. The largest absolute Gasteiger partial charge is 0.489 e. The molecule has 8 nitrogen and oxygen atoms in total. The van der Waals surface area contributed by atoms with Crippen molar-refractivity contribution in [1.29, 1.82) is 0 Å². The summed E-state index contributed by atoms with van der Waals surface area (Å²) in [7, 11) is 0. The second kappa shape index (κ2) is 9.28. The Labute approximate surface area is 208 Å². The lowest BCUT2D eigenvalue weighted by molar-refractivity contribution is -0.136. The van der Waals surface area contributed by atoms with Gasteiger partial charge in [0.25, 0.3) is 5.91 Å². The highest BCUT2D eigenvalue weighted by Crippen LogP contribution is 2.37. The summed E-state index contributed by atoms with van der Waals surface area (Å²) < 4.78 is 20.6. The lowest BCUT2D eigenvalue weighted by Gasteiger charge is -2.48. The summed E-state index contributed by atoms with van der Waals surface area (Å²) in [6.07, 6.45) is 7.79. The van der Waals surface area contributed by atoms with E-state index in [-0.39, 0.29) is 42.1 Å². The molecule has 3 atom stereocenters. The third kappa shape index (κ3) is 4.15. The fraction of sp³-hybridized carbons (Fsp3) is 0.481. The van der Waals surface area contributed by atoms with Gasteiger partial charge in [-0.25, -0.2) is 4.39 Å². The fourth-order valence-corrected chi connectivity index (χ4v) is 6.13. The van der Waals surface area contributed by atoms with Gasteiger partial charge in [0.2, 0.25) is 11.8 Å². The van der Waals surface area contributed by atoms with Crippen molar-refractivity contribution >= 4 is 17.7 Å². The molecule has 36 heavy (non-hydrogen) atoms. The number of nitrogens with zero attached hydrogens (tertiary/aromatic N) is 3. The Balaban J connectivity index is 1.12. The Bertz CT molecular complexity index is 1210. The molecule has 6 rings (SSSR count). The molecule has 1 unspecified atom stereocenters. The normalized spacial score (nSPS) is 27.0. The molecule has 4 heterocycles. The van der Waals surface area contributed by atoms with Gasteiger partial charge in [0.15, 0.2) is 0 Å². The Kier molecular flexibility index (Phi) is 5.95. The molecule has 0 spiro atoms. The van der Waals surface area contributed by atoms with E-state index in [2.05, 4.69) is 15.2 Å². The van der Waals surface area contributed by atoms with Crippen molar-refractivity contribution in [2.24, 2.45) is 0 Å². The first-order chi connectivity index (χ1) is 17.5. The van der Waals surface area contributed by atoms with Gasteiger partial charge in [-0.05, 0) is 61.1 Å². The highest BCUT2D eigenvalue weighted by Gasteiger charge is 2.41. The van der Waals surface area contributed by atoms with Gasteiger partial charge in [-0.1, -0.05) is 6.42 Å². The van der Waals surface area contributed by atoms with Crippen LogP contribution in [-0.2, 0) is 16.1 Å². The monoisotopic (exact) mass is 492 g/mol. The number of hydrogen-bond acceptors (Lipinski definition) is 6. The van der Waals surface area contributed by atoms with Crippen LogP contribution in [0.1, 0.15) is 65.9 Å². The fourth-order valence-electron chi connectivity index (χ4n) is 6.13. The minimum atomic E-state index is -0.626. The van der Waals surface area contributed by atoms with E-state index >= 15 is 0 Å². The molecule has 1 aromatic heterocycles. The molecule has 2 aromatic rings. The molecular weight excluding hydrogens is 463 g/mol. The minimum absolute atomic E-state index is 0.0309. The number of ether oxygens (including phenoxy) is 1. The number of hydrogen-bond donors (Lipinski definition) is 1. The third-order valence-electron chi connectivity index (χ3n) is 8.07. The molecule has 2 saturated heterocycles. The van der Waals surface area contributed by atoms with Crippen molar-refractivity contribution in [3.63, 3.8) is 0 Å². The Hall–Kier alpha value is -3.33. The number of aromatic nitrogens is 1. The van der Waals surface area contributed by atoms with Crippen LogP contribution >= 0.6 is 0 Å². The minimum Gasteiger partial charge on any atom is -0.489 e. The van der Waals surface area contributed by atoms with Crippen LogP contribution in [0.3, 0.4) is 0 Å². The smallest absolute Gasteiger partial charge is 0.255 e. The summed E-state index contributed by atoms with van der Waals surface area (Å²) in [5.41, 5.74) is 2.15. The van der Waals surface area contributed by atoms with E-state index in [0.29, 0.717) is 18.5 Å². The van der Waals surface area contributed by atoms with Gasteiger partial charge in [-0.3, -0.25) is 29.6 Å². The first-order valence-electron chi connectivity index (χ1n) is 12.8. The van der Waals surface area contributed by atoms with Crippen LogP contribution in [0.15, 0.2) is 36.7 Å².